The summed E-state index contributed by atoms with van der Waals surface area (Å²) in [6.07, 6.45) is 0. The average molecular weight is 500 g/mol. The van der Waals surface area contributed by atoms with Crippen molar-refractivity contribution in [2.75, 3.05) is 5.32 Å². The first-order valence-electron chi connectivity index (χ1n) is 9.63. The Morgan fingerprint density at radius 1 is 1.09 bits per heavy atom. The molecule has 11 heteroatoms. The molecule has 1 aromatic heterocycles. The number of aromatic hydroxyl groups is 1. The van der Waals surface area contributed by atoms with E-state index >= 15 is 0 Å². The molecule has 168 valence electrons. The molecule has 0 saturated carbocycles. The highest BCUT2D eigenvalue weighted by molar-refractivity contribution is 7.89. The van der Waals surface area contributed by atoms with Gasteiger partial charge < -0.3 is 15.0 Å². The molecule has 0 radical (unpaired) electrons. The molecule has 0 amide bonds. The summed E-state index contributed by atoms with van der Waals surface area (Å²) in [6.45, 7) is 0.407. The fraction of sp³-hybridized carbons (Fsp3) is 0.0455. The zero-order valence-corrected chi connectivity index (χ0v) is 19.4. The summed E-state index contributed by atoms with van der Waals surface area (Å²) in [7, 11) is -3.97. The lowest BCUT2D eigenvalue weighted by atomic mass is 10.2. The Hall–Kier alpha value is -3.31. The van der Waals surface area contributed by atoms with Crippen molar-refractivity contribution in [1.82, 2.24) is 4.57 Å². The highest BCUT2D eigenvalue weighted by atomic mass is 35.5. The third-order valence-electron chi connectivity index (χ3n) is 4.83. The molecule has 4 rings (SSSR count). The average Bonchev–Trinajstić information content (AvgIpc) is 3.03. The zero-order chi connectivity index (χ0) is 23.6. The van der Waals surface area contributed by atoms with Gasteiger partial charge in [0.1, 0.15) is 4.90 Å². The number of rotatable bonds is 5. The molecule has 3 aromatic carbocycles. The number of hydrogen-bond acceptors (Lipinski definition) is 5. The van der Waals surface area contributed by atoms with E-state index in [0.29, 0.717) is 22.5 Å². The van der Waals surface area contributed by atoms with Gasteiger partial charge in [-0.25, -0.2) is 13.6 Å². The molecule has 0 unspecified atom stereocenters. The summed E-state index contributed by atoms with van der Waals surface area (Å²) in [4.78, 5) is -0.128. The highest BCUT2D eigenvalue weighted by Crippen LogP contribution is 2.40. The Balaban J connectivity index is 1.68. The first-order chi connectivity index (χ1) is 15.7. The van der Waals surface area contributed by atoms with Crippen molar-refractivity contribution in [3.8, 4) is 5.88 Å². The molecule has 1 heterocycles. The van der Waals surface area contributed by atoms with Gasteiger partial charge in [0.05, 0.1) is 17.7 Å². The van der Waals surface area contributed by atoms with E-state index in [-0.39, 0.29) is 27.3 Å². The van der Waals surface area contributed by atoms with Gasteiger partial charge in [-0.05, 0) is 48.1 Å². The van der Waals surface area contributed by atoms with Crippen molar-refractivity contribution >= 4 is 61.2 Å². The van der Waals surface area contributed by atoms with Crippen molar-refractivity contribution in [3.63, 3.8) is 0 Å². The lowest BCUT2D eigenvalue weighted by molar-refractivity contribution is 0.429. The smallest absolute Gasteiger partial charge is 0.240 e. The molecule has 0 fully saturated rings. The van der Waals surface area contributed by atoms with Crippen LogP contribution in [0.1, 0.15) is 5.56 Å². The van der Waals surface area contributed by atoms with Crippen LogP contribution in [0.5, 0.6) is 5.88 Å². The number of hydrogen-bond donors (Lipinski definition) is 3. The predicted molar refractivity (Wildman–Crippen MR) is 133 cm³/mol. The Labute approximate surface area is 200 Å². The normalized spacial score (nSPS) is 11.8. The first-order valence-corrected chi connectivity index (χ1v) is 12.0. The number of nitrogens with two attached hydrogens (primary N) is 1. The van der Waals surface area contributed by atoms with Gasteiger partial charge in [-0.1, -0.05) is 54.1 Å². The summed E-state index contributed by atoms with van der Waals surface area (Å²) >= 11 is 11.4. The topological polar surface area (TPSA) is 122 Å². The summed E-state index contributed by atoms with van der Waals surface area (Å²) < 4.78 is 25.3. The van der Waals surface area contributed by atoms with Gasteiger partial charge in [-0.2, -0.15) is 0 Å². The molecule has 4 N–H and O–H groups in total. The van der Waals surface area contributed by atoms with Gasteiger partial charge in [0, 0.05) is 10.4 Å². The fourth-order valence-electron chi connectivity index (χ4n) is 3.37. The third kappa shape index (κ3) is 5.04. The molecule has 0 saturated heterocycles. The number of thiocarbonyl (C=S) groups is 1. The number of anilines is 1. The van der Waals surface area contributed by atoms with E-state index in [0.717, 1.165) is 5.56 Å². The summed E-state index contributed by atoms with van der Waals surface area (Å²) in [5.74, 6) is -0.104. The molecular weight excluding hydrogens is 482 g/mol. The summed E-state index contributed by atoms with van der Waals surface area (Å²) in [5.41, 5.74) is 2.06. The van der Waals surface area contributed by atoms with Crippen molar-refractivity contribution in [2.24, 2.45) is 15.4 Å². The van der Waals surface area contributed by atoms with Crippen LogP contribution >= 0.6 is 23.8 Å². The first kappa shape index (κ1) is 22.9. The minimum absolute atomic E-state index is 0.104. The van der Waals surface area contributed by atoms with E-state index < -0.39 is 10.0 Å². The summed E-state index contributed by atoms with van der Waals surface area (Å²) in [6, 6.07) is 20.9. The molecule has 0 aliphatic carbocycles. The number of para-hydroxylation sites is 1. The summed E-state index contributed by atoms with van der Waals surface area (Å²) in [5, 5.41) is 27.9. The number of azo groups is 1. The lowest BCUT2D eigenvalue weighted by Gasteiger charge is -2.08. The number of nitrogens with zero attached hydrogens (tertiary/aromatic N) is 3. The third-order valence-corrected chi connectivity index (χ3v) is 6.22. The van der Waals surface area contributed by atoms with Crippen LogP contribution in [0.3, 0.4) is 0 Å². The molecular formula is C22H18ClN5O3S2. The molecule has 8 nitrogen and oxygen atoms in total. The fourth-order valence-corrected chi connectivity index (χ4v) is 4.39. The van der Waals surface area contributed by atoms with Crippen LogP contribution in [-0.4, -0.2) is 23.2 Å². The van der Waals surface area contributed by atoms with Gasteiger partial charge in [-0.3, -0.25) is 0 Å². The monoisotopic (exact) mass is 499 g/mol. The van der Waals surface area contributed by atoms with E-state index in [1.54, 1.807) is 34.9 Å². The Morgan fingerprint density at radius 3 is 2.52 bits per heavy atom. The van der Waals surface area contributed by atoms with E-state index in [4.69, 9.17) is 29.0 Å². The van der Waals surface area contributed by atoms with Gasteiger partial charge in [-0.15, -0.1) is 10.2 Å². The van der Waals surface area contributed by atoms with E-state index in [2.05, 4.69) is 15.5 Å². The number of fused-ring (bicyclic) bond motifs is 1. The number of sulfonamides is 1. The Bertz CT molecular complexity index is 1480. The quantitative estimate of drug-likeness (QED) is 0.258. The molecule has 0 spiro atoms. The van der Waals surface area contributed by atoms with Crippen LogP contribution in [0.15, 0.2) is 87.9 Å². The molecule has 4 aromatic rings. The van der Waals surface area contributed by atoms with Crippen LogP contribution < -0.4 is 10.5 Å². The maximum absolute atomic E-state index is 11.8. The van der Waals surface area contributed by atoms with Gasteiger partial charge in [0.25, 0.3) is 0 Å². The number of primary sulfonamides is 1. The minimum atomic E-state index is -3.97. The number of halogens is 1. The number of nitrogens with one attached hydrogen (secondary N) is 1. The van der Waals surface area contributed by atoms with Crippen LogP contribution in [0.2, 0.25) is 5.02 Å². The van der Waals surface area contributed by atoms with Crippen LogP contribution in [0.4, 0.5) is 11.4 Å². The second kappa shape index (κ2) is 9.28. The molecule has 33 heavy (non-hydrogen) atoms. The lowest BCUT2D eigenvalue weighted by Crippen LogP contribution is -2.16. The zero-order valence-electron chi connectivity index (χ0n) is 17.0. The molecule has 0 aliphatic heterocycles. The Morgan fingerprint density at radius 2 is 1.79 bits per heavy atom. The highest BCUT2D eigenvalue weighted by Gasteiger charge is 2.18. The van der Waals surface area contributed by atoms with Gasteiger partial charge in [0.15, 0.2) is 5.69 Å². The predicted octanol–water partition coefficient (Wildman–Crippen LogP) is 5.18. The molecule has 0 aliphatic rings. The maximum Gasteiger partial charge on any atom is 0.240 e. The second-order valence-electron chi connectivity index (χ2n) is 7.08. The van der Waals surface area contributed by atoms with Crippen molar-refractivity contribution < 1.29 is 13.5 Å². The standard InChI is InChI=1S/C22H18ClN5O3S2/c23-15-10-11-18-16(12-15)20(21(29)28(18)13-14-6-2-1-3-7-14)26-27-22(32)25-17-8-4-5-9-19(17)33(24,30)31/h1-12,29H,13H2,(H,25,32)(H2,24,30,31). The molecule has 0 bridgehead atoms. The van der Waals surface area contributed by atoms with Gasteiger partial charge in [0.2, 0.25) is 21.0 Å². The van der Waals surface area contributed by atoms with E-state index in [9.17, 15) is 13.5 Å². The SMILES string of the molecule is NS(=O)(=O)c1ccccc1NC(=S)N=Nc1c(O)n(Cc2ccccc2)c2ccc(Cl)cc12. The number of aromatic nitrogens is 1. The van der Waals surface area contributed by atoms with Gasteiger partial charge >= 0.3 is 0 Å². The van der Waals surface area contributed by atoms with E-state index in [1.807, 2.05) is 30.3 Å². The second-order valence-corrected chi connectivity index (χ2v) is 9.43. The van der Waals surface area contributed by atoms with Crippen molar-refractivity contribution in [3.05, 3.63) is 83.4 Å². The van der Waals surface area contributed by atoms with Crippen molar-refractivity contribution in [2.45, 2.75) is 11.4 Å². The minimum Gasteiger partial charge on any atom is -0.493 e. The number of benzene rings is 3. The van der Waals surface area contributed by atoms with Crippen LogP contribution in [0.25, 0.3) is 10.9 Å². The van der Waals surface area contributed by atoms with E-state index in [1.165, 1.54) is 12.1 Å². The maximum atomic E-state index is 11.8. The largest absolute Gasteiger partial charge is 0.493 e. The van der Waals surface area contributed by atoms with Crippen LogP contribution in [0, 0.1) is 0 Å². The Kier molecular flexibility index (Phi) is 6.43. The van der Waals surface area contributed by atoms with Crippen LogP contribution in [-0.2, 0) is 16.6 Å². The van der Waals surface area contributed by atoms with Crippen molar-refractivity contribution in [1.29, 1.82) is 0 Å². The molecule has 0 atom stereocenters.